The van der Waals surface area contributed by atoms with Crippen molar-refractivity contribution in [2.45, 2.75) is 31.3 Å². The molecule has 1 atom stereocenters. The summed E-state index contributed by atoms with van der Waals surface area (Å²) in [5, 5.41) is 7.41. The molecule has 0 spiro atoms. The summed E-state index contributed by atoms with van der Waals surface area (Å²) in [6.45, 7) is 0. The monoisotopic (exact) mass is 286 g/mol. The number of rotatable bonds is 2. The zero-order valence-corrected chi connectivity index (χ0v) is 11.6. The molecule has 0 radical (unpaired) electrons. The molecular weight excluding hydrogens is 272 g/mol. The minimum atomic E-state index is -0.226. The van der Waals surface area contributed by atoms with E-state index in [1.54, 1.807) is 29.7 Å². The van der Waals surface area contributed by atoms with Gasteiger partial charge < -0.3 is 10.6 Å². The van der Waals surface area contributed by atoms with Crippen LogP contribution in [0.15, 0.2) is 24.5 Å². The van der Waals surface area contributed by atoms with Gasteiger partial charge in [-0.1, -0.05) is 6.42 Å². The highest BCUT2D eigenvalue weighted by atomic mass is 32.1. The van der Waals surface area contributed by atoms with Gasteiger partial charge in [-0.05, 0) is 25.0 Å². The van der Waals surface area contributed by atoms with Crippen LogP contribution in [0.4, 0.5) is 5.82 Å². The third kappa shape index (κ3) is 1.87. The molecule has 1 aliphatic carbocycles. The molecular formula is C14H14N4OS. The Morgan fingerprint density at radius 2 is 2.15 bits per heavy atom. The summed E-state index contributed by atoms with van der Waals surface area (Å²) >= 11 is 1.68. The molecule has 102 valence electrons. The summed E-state index contributed by atoms with van der Waals surface area (Å²) < 4.78 is 0. The highest BCUT2D eigenvalue weighted by molar-refractivity contribution is 7.11. The number of carbonyl (C=O) groups excluding carboxylic acids is 1. The fourth-order valence-corrected chi connectivity index (χ4v) is 3.60. The van der Waals surface area contributed by atoms with Gasteiger partial charge >= 0.3 is 0 Å². The predicted molar refractivity (Wildman–Crippen MR) is 76.8 cm³/mol. The van der Waals surface area contributed by atoms with Crippen LogP contribution in [0, 0.1) is 0 Å². The van der Waals surface area contributed by atoms with Crippen molar-refractivity contribution in [2.75, 3.05) is 5.32 Å². The average Bonchev–Trinajstić information content (AvgIpc) is 2.86. The van der Waals surface area contributed by atoms with Gasteiger partial charge in [0.15, 0.2) is 0 Å². The number of amides is 1. The number of nitrogens with zero attached hydrogens (tertiary/aromatic N) is 2. The lowest BCUT2D eigenvalue weighted by Gasteiger charge is -2.26. The topological polar surface area (TPSA) is 66.9 Å². The van der Waals surface area contributed by atoms with E-state index in [-0.39, 0.29) is 12.1 Å². The van der Waals surface area contributed by atoms with E-state index in [0.29, 0.717) is 17.3 Å². The maximum atomic E-state index is 12.1. The Hall–Kier alpha value is -1.95. The smallest absolute Gasteiger partial charge is 0.256 e. The van der Waals surface area contributed by atoms with Gasteiger partial charge in [-0.3, -0.25) is 4.79 Å². The van der Waals surface area contributed by atoms with Gasteiger partial charge in [-0.25, -0.2) is 9.97 Å². The first kappa shape index (κ1) is 11.8. The first-order valence-electron chi connectivity index (χ1n) is 6.79. The number of hydrogen-bond donors (Lipinski definition) is 2. The molecule has 0 aromatic carbocycles. The summed E-state index contributed by atoms with van der Waals surface area (Å²) in [6, 6.07) is 3.54. The third-order valence-corrected chi connectivity index (χ3v) is 5.11. The summed E-state index contributed by atoms with van der Waals surface area (Å²) in [7, 11) is 0. The first-order chi connectivity index (χ1) is 9.81. The highest BCUT2D eigenvalue weighted by Crippen LogP contribution is 2.39. The van der Waals surface area contributed by atoms with Gasteiger partial charge in [0.2, 0.25) is 0 Å². The Labute approximate surface area is 120 Å². The maximum Gasteiger partial charge on any atom is 0.256 e. The van der Waals surface area contributed by atoms with Crippen LogP contribution in [0.3, 0.4) is 0 Å². The van der Waals surface area contributed by atoms with Crippen molar-refractivity contribution in [3.8, 4) is 0 Å². The van der Waals surface area contributed by atoms with E-state index in [1.165, 1.54) is 24.3 Å². The van der Waals surface area contributed by atoms with Gasteiger partial charge in [-0.2, -0.15) is 0 Å². The summed E-state index contributed by atoms with van der Waals surface area (Å²) in [6.07, 6.45) is 7.10. The van der Waals surface area contributed by atoms with Crippen LogP contribution in [-0.2, 0) is 0 Å². The maximum absolute atomic E-state index is 12.1. The first-order valence-corrected chi connectivity index (χ1v) is 7.61. The van der Waals surface area contributed by atoms with Gasteiger partial charge in [0.1, 0.15) is 12.0 Å². The molecule has 5 nitrogen and oxygen atoms in total. The lowest BCUT2D eigenvalue weighted by atomic mass is 9.86. The number of nitrogens with one attached hydrogen (secondary N) is 2. The molecule has 0 unspecified atom stereocenters. The zero-order valence-electron chi connectivity index (χ0n) is 10.8. The Bertz CT molecular complexity index is 665. The van der Waals surface area contributed by atoms with Crippen LogP contribution in [-0.4, -0.2) is 15.9 Å². The number of thiazole rings is 1. The summed E-state index contributed by atoms with van der Waals surface area (Å²) in [4.78, 5) is 21.8. The van der Waals surface area contributed by atoms with Crippen molar-refractivity contribution < 1.29 is 4.79 Å². The van der Waals surface area contributed by atoms with E-state index < -0.39 is 0 Å². The Kier molecular flexibility index (Phi) is 2.70. The number of hydrogen-bond acceptors (Lipinski definition) is 5. The van der Waals surface area contributed by atoms with Crippen molar-refractivity contribution in [3.05, 3.63) is 40.0 Å². The largest absolute Gasteiger partial charge is 0.345 e. The molecule has 6 heteroatoms. The van der Waals surface area contributed by atoms with Crippen molar-refractivity contribution >= 4 is 23.1 Å². The van der Waals surface area contributed by atoms with E-state index in [9.17, 15) is 4.79 Å². The molecule has 2 aromatic heterocycles. The molecule has 4 rings (SSSR count). The predicted octanol–water partition coefficient (Wildman–Crippen LogP) is 2.66. The normalized spacial score (nSPS) is 21.6. The van der Waals surface area contributed by atoms with Crippen LogP contribution in [0.2, 0.25) is 0 Å². The number of pyridine rings is 1. The Morgan fingerprint density at radius 3 is 2.95 bits per heavy atom. The Balaban J connectivity index is 1.61. The molecule has 1 fully saturated rings. The lowest BCUT2D eigenvalue weighted by molar-refractivity contribution is 0.0935. The molecule has 2 aromatic rings. The molecule has 1 saturated carbocycles. The van der Waals surface area contributed by atoms with Crippen molar-refractivity contribution in [1.29, 1.82) is 0 Å². The minimum absolute atomic E-state index is 0.0876. The van der Waals surface area contributed by atoms with Crippen molar-refractivity contribution in [2.24, 2.45) is 0 Å². The third-order valence-electron chi connectivity index (χ3n) is 3.89. The fourth-order valence-electron chi connectivity index (χ4n) is 2.51. The lowest BCUT2D eigenvalue weighted by Crippen LogP contribution is -2.38. The van der Waals surface area contributed by atoms with Crippen LogP contribution in [0.5, 0.6) is 0 Å². The van der Waals surface area contributed by atoms with E-state index >= 15 is 0 Å². The zero-order chi connectivity index (χ0) is 13.5. The molecule has 2 aliphatic rings. The van der Waals surface area contributed by atoms with Gasteiger partial charge in [0.25, 0.3) is 5.91 Å². The Morgan fingerprint density at radius 1 is 1.25 bits per heavy atom. The molecule has 3 heterocycles. The second-order valence-corrected chi connectivity index (χ2v) is 6.27. The molecule has 20 heavy (non-hydrogen) atoms. The number of anilines is 1. The van der Waals surface area contributed by atoms with Crippen LogP contribution in [0.1, 0.15) is 51.6 Å². The fraction of sp³-hybridized carbons (Fsp3) is 0.357. The van der Waals surface area contributed by atoms with Crippen LogP contribution < -0.4 is 10.6 Å². The average molecular weight is 286 g/mol. The molecule has 0 bridgehead atoms. The summed E-state index contributed by atoms with van der Waals surface area (Å²) in [5.74, 6) is 1.17. The van der Waals surface area contributed by atoms with Gasteiger partial charge in [-0.15, -0.1) is 11.3 Å². The van der Waals surface area contributed by atoms with Crippen molar-refractivity contribution in [1.82, 2.24) is 15.3 Å². The minimum Gasteiger partial charge on any atom is -0.345 e. The second kappa shape index (κ2) is 4.56. The number of fused-ring (bicyclic) bond motifs is 1. The number of carbonyl (C=O) groups is 1. The molecule has 1 aliphatic heterocycles. The molecule has 2 N–H and O–H groups in total. The summed E-state index contributed by atoms with van der Waals surface area (Å²) in [5.41, 5.74) is 0.590. The highest BCUT2D eigenvalue weighted by Gasteiger charge is 2.28. The van der Waals surface area contributed by atoms with E-state index in [2.05, 4.69) is 20.6 Å². The van der Waals surface area contributed by atoms with E-state index in [0.717, 1.165) is 4.88 Å². The van der Waals surface area contributed by atoms with Crippen molar-refractivity contribution in [3.63, 3.8) is 0 Å². The van der Waals surface area contributed by atoms with Crippen LogP contribution >= 0.6 is 11.3 Å². The molecule has 1 amide bonds. The van der Waals surface area contributed by atoms with Gasteiger partial charge in [0, 0.05) is 18.3 Å². The molecule has 0 saturated heterocycles. The SMILES string of the molecule is O=C1N[C@H](c2cnc(C3CCC3)s2)Nc2ncccc21. The van der Waals surface area contributed by atoms with Crippen LogP contribution in [0.25, 0.3) is 0 Å². The number of aromatic nitrogens is 2. The van der Waals surface area contributed by atoms with E-state index in [4.69, 9.17) is 0 Å². The van der Waals surface area contributed by atoms with E-state index in [1.807, 2.05) is 6.20 Å². The van der Waals surface area contributed by atoms with Gasteiger partial charge in [0.05, 0.1) is 15.4 Å². The second-order valence-electron chi connectivity index (χ2n) is 5.18. The standard InChI is InChI=1S/C14H14N4OS/c19-13-9-5-2-6-15-11(9)17-12(18-13)10-7-16-14(20-10)8-3-1-4-8/h2,5-8,12H,1,3-4H2,(H,15,17)(H,18,19)/t12-/m1/s1. The quantitative estimate of drug-likeness (QED) is 0.890.